The molecule has 166 valence electrons. The lowest BCUT2D eigenvalue weighted by Gasteiger charge is -2.38. The number of carbonyl (C=O) groups excluding carboxylic acids is 1. The number of nitrogens with two attached hydrogens (primary N) is 1. The Morgan fingerprint density at radius 2 is 1.69 bits per heavy atom. The fourth-order valence-electron chi connectivity index (χ4n) is 5.12. The first-order valence-electron chi connectivity index (χ1n) is 11.4. The van der Waals surface area contributed by atoms with Crippen molar-refractivity contribution >= 4 is 11.7 Å². The van der Waals surface area contributed by atoms with Crippen molar-refractivity contribution in [2.45, 2.75) is 25.3 Å². The van der Waals surface area contributed by atoms with Crippen molar-refractivity contribution in [3.05, 3.63) is 66.4 Å². The number of fused-ring (bicyclic) bond motifs is 1. The second-order valence-corrected chi connectivity index (χ2v) is 8.90. The van der Waals surface area contributed by atoms with Gasteiger partial charge < -0.3 is 25.3 Å². The second kappa shape index (κ2) is 8.71. The Bertz CT molecular complexity index is 1080. The van der Waals surface area contributed by atoms with Gasteiger partial charge in [0.15, 0.2) is 0 Å². The predicted octanol–water partition coefficient (Wildman–Crippen LogP) is 4.74. The molecule has 1 aromatic heterocycles. The molecule has 0 saturated carbocycles. The van der Waals surface area contributed by atoms with Gasteiger partial charge in [0.2, 0.25) is 0 Å². The molecule has 0 radical (unpaired) electrons. The number of piperidine rings is 1. The van der Waals surface area contributed by atoms with Crippen molar-refractivity contribution in [3.8, 4) is 22.6 Å². The molecule has 3 aromatic rings. The Morgan fingerprint density at radius 3 is 2.38 bits per heavy atom. The quantitative estimate of drug-likeness (QED) is 0.613. The molecule has 0 spiro atoms. The topological polar surface area (TPSA) is 72.5 Å². The van der Waals surface area contributed by atoms with E-state index in [1.54, 1.807) is 0 Å². The molecule has 6 nitrogen and oxygen atoms in total. The molecular formula is C26H30N4O2. The summed E-state index contributed by atoms with van der Waals surface area (Å²) in [6.45, 7) is 3.12. The molecule has 3 heterocycles. The summed E-state index contributed by atoms with van der Waals surface area (Å²) in [6.07, 6.45) is 5.56. The van der Waals surface area contributed by atoms with E-state index in [0.29, 0.717) is 17.5 Å². The molecule has 6 heteroatoms. The van der Waals surface area contributed by atoms with Crippen molar-refractivity contribution in [2.24, 2.45) is 11.7 Å². The van der Waals surface area contributed by atoms with E-state index in [2.05, 4.69) is 28.0 Å². The standard InChI is InChI=1S/C26H30N4O2/c1-29-15-12-19(13-16-29)23-11-14-28-26-24(25(27)31)22(17-30(23)26)18-7-9-21(10-8-18)32-20-5-3-2-4-6-20/h2-10,17,19,23,28H,11-16H2,1H3,(H2,27,31). The lowest BCUT2D eigenvalue weighted by atomic mass is 9.87. The number of amides is 1. The van der Waals surface area contributed by atoms with E-state index in [0.717, 1.165) is 54.5 Å². The van der Waals surface area contributed by atoms with Gasteiger partial charge in [-0.3, -0.25) is 4.79 Å². The molecular weight excluding hydrogens is 400 g/mol. The summed E-state index contributed by atoms with van der Waals surface area (Å²) in [5.74, 6) is 2.64. The first kappa shape index (κ1) is 20.6. The zero-order valence-electron chi connectivity index (χ0n) is 18.5. The van der Waals surface area contributed by atoms with E-state index in [-0.39, 0.29) is 0 Å². The molecule has 1 amide bonds. The van der Waals surface area contributed by atoms with Crippen molar-refractivity contribution in [1.29, 1.82) is 0 Å². The number of benzene rings is 2. The molecule has 1 fully saturated rings. The molecule has 2 aromatic carbocycles. The third-order valence-corrected chi connectivity index (χ3v) is 6.82. The molecule has 3 N–H and O–H groups in total. The smallest absolute Gasteiger partial charge is 0.253 e. The monoisotopic (exact) mass is 430 g/mol. The molecule has 2 aliphatic rings. The number of carbonyl (C=O) groups is 1. The highest BCUT2D eigenvalue weighted by Crippen LogP contribution is 2.41. The summed E-state index contributed by atoms with van der Waals surface area (Å²) < 4.78 is 8.20. The molecule has 32 heavy (non-hydrogen) atoms. The molecule has 0 bridgehead atoms. The third-order valence-electron chi connectivity index (χ3n) is 6.82. The van der Waals surface area contributed by atoms with Crippen LogP contribution in [0.2, 0.25) is 0 Å². The summed E-state index contributed by atoms with van der Waals surface area (Å²) >= 11 is 0. The van der Waals surface area contributed by atoms with Gasteiger partial charge in [-0.2, -0.15) is 0 Å². The van der Waals surface area contributed by atoms with Crippen LogP contribution in [-0.4, -0.2) is 42.1 Å². The Morgan fingerprint density at radius 1 is 1.00 bits per heavy atom. The number of primary amides is 1. The number of hydrogen-bond acceptors (Lipinski definition) is 4. The average molecular weight is 431 g/mol. The minimum Gasteiger partial charge on any atom is -0.457 e. The van der Waals surface area contributed by atoms with Gasteiger partial charge in [0, 0.05) is 24.3 Å². The van der Waals surface area contributed by atoms with E-state index < -0.39 is 5.91 Å². The zero-order valence-corrected chi connectivity index (χ0v) is 18.5. The van der Waals surface area contributed by atoms with Gasteiger partial charge in [-0.05, 0) is 75.1 Å². The van der Waals surface area contributed by atoms with Crippen LogP contribution in [0.4, 0.5) is 5.82 Å². The number of rotatable bonds is 5. The SMILES string of the molecule is CN1CCC(C2CCNc3c(C(N)=O)c(-c4ccc(Oc5ccccc5)cc4)cn32)CC1. The normalized spacial score (nSPS) is 19.2. The molecule has 2 aliphatic heterocycles. The number of para-hydroxylation sites is 1. The van der Waals surface area contributed by atoms with Crippen LogP contribution in [0.15, 0.2) is 60.8 Å². The summed E-state index contributed by atoms with van der Waals surface area (Å²) in [6, 6.07) is 18.0. The van der Waals surface area contributed by atoms with Gasteiger partial charge in [0.25, 0.3) is 5.91 Å². The summed E-state index contributed by atoms with van der Waals surface area (Å²) in [4.78, 5) is 14.9. The molecule has 5 rings (SSSR count). The Hall–Kier alpha value is -3.25. The van der Waals surface area contributed by atoms with Gasteiger partial charge in [-0.25, -0.2) is 0 Å². The number of nitrogens with one attached hydrogen (secondary N) is 1. The number of anilines is 1. The average Bonchev–Trinajstić information content (AvgIpc) is 3.21. The molecule has 0 aliphatic carbocycles. The number of ether oxygens (including phenoxy) is 1. The van der Waals surface area contributed by atoms with Crippen LogP contribution >= 0.6 is 0 Å². The van der Waals surface area contributed by atoms with Gasteiger partial charge in [0.05, 0.1) is 5.56 Å². The van der Waals surface area contributed by atoms with E-state index in [4.69, 9.17) is 10.5 Å². The summed E-state index contributed by atoms with van der Waals surface area (Å²) in [5, 5.41) is 3.45. The fraction of sp³-hybridized carbons (Fsp3) is 0.346. The van der Waals surface area contributed by atoms with E-state index in [1.165, 1.54) is 12.8 Å². The highest BCUT2D eigenvalue weighted by atomic mass is 16.5. The van der Waals surface area contributed by atoms with E-state index in [9.17, 15) is 4.79 Å². The highest BCUT2D eigenvalue weighted by molar-refractivity contribution is 6.05. The van der Waals surface area contributed by atoms with Crippen LogP contribution in [0.1, 0.15) is 35.7 Å². The zero-order chi connectivity index (χ0) is 22.1. The Labute approximate surface area is 189 Å². The lowest BCUT2D eigenvalue weighted by Crippen LogP contribution is -2.36. The van der Waals surface area contributed by atoms with Crippen LogP contribution in [-0.2, 0) is 0 Å². The van der Waals surface area contributed by atoms with Crippen LogP contribution in [0, 0.1) is 5.92 Å². The Kier molecular flexibility index (Phi) is 5.62. The third kappa shape index (κ3) is 3.98. The van der Waals surface area contributed by atoms with Crippen LogP contribution in [0.25, 0.3) is 11.1 Å². The number of nitrogens with zero attached hydrogens (tertiary/aromatic N) is 2. The highest BCUT2D eigenvalue weighted by Gasteiger charge is 2.33. The largest absolute Gasteiger partial charge is 0.457 e. The van der Waals surface area contributed by atoms with Gasteiger partial charge in [-0.15, -0.1) is 0 Å². The van der Waals surface area contributed by atoms with Crippen molar-refractivity contribution in [3.63, 3.8) is 0 Å². The maximum absolute atomic E-state index is 12.5. The van der Waals surface area contributed by atoms with Crippen molar-refractivity contribution in [2.75, 3.05) is 32.0 Å². The van der Waals surface area contributed by atoms with Gasteiger partial charge in [0.1, 0.15) is 17.3 Å². The van der Waals surface area contributed by atoms with E-state index in [1.807, 2.05) is 54.6 Å². The first-order chi connectivity index (χ1) is 15.6. The summed E-state index contributed by atoms with van der Waals surface area (Å²) in [7, 11) is 2.19. The predicted molar refractivity (Wildman–Crippen MR) is 127 cm³/mol. The number of likely N-dealkylation sites (tertiary alicyclic amines) is 1. The van der Waals surface area contributed by atoms with Crippen LogP contribution in [0.3, 0.4) is 0 Å². The molecule has 1 atom stereocenters. The van der Waals surface area contributed by atoms with Crippen LogP contribution in [0.5, 0.6) is 11.5 Å². The minimum atomic E-state index is -0.394. The number of hydrogen-bond donors (Lipinski definition) is 2. The number of aromatic nitrogens is 1. The maximum atomic E-state index is 12.5. The van der Waals surface area contributed by atoms with Crippen molar-refractivity contribution in [1.82, 2.24) is 9.47 Å². The summed E-state index contributed by atoms with van der Waals surface area (Å²) in [5.41, 5.74) is 8.30. The molecule has 1 saturated heterocycles. The maximum Gasteiger partial charge on any atom is 0.253 e. The molecule has 1 unspecified atom stereocenters. The van der Waals surface area contributed by atoms with Gasteiger partial charge in [-0.1, -0.05) is 30.3 Å². The Balaban J connectivity index is 1.46. The lowest BCUT2D eigenvalue weighted by molar-refractivity contribution is 0.100. The van der Waals surface area contributed by atoms with E-state index >= 15 is 0 Å². The fourth-order valence-corrected chi connectivity index (χ4v) is 5.12. The van der Waals surface area contributed by atoms with Gasteiger partial charge >= 0.3 is 0 Å². The van der Waals surface area contributed by atoms with Crippen LogP contribution < -0.4 is 15.8 Å². The van der Waals surface area contributed by atoms with Crippen molar-refractivity contribution < 1.29 is 9.53 Å². The second-order valence-electron chi connectivity index (χ2n) is 8.90. The first-order valence-corrected chi connectivity index (χ1v) is 11.4. The minimum absolute atomic E-state index is 0.394.